The van der Waals surface area contributed by atoms with Gasteiger partial charge in [0, 0.05) is 13.2 Å². The second-order valence-electron chi connectivity index (χ2n) is 7.34. The molecule has 1 aliphatic rings. The van der Waals surface area contributed by atoms with Crippen LogP contribution in [0.2, 0.25) is 0 Å². The monoisotopic (exact) mass is 349 g/mol. The van der Waals surface area contributed by atoms with E-state index in [1.807, 2.05) is 40.7 Å². The molecule has 1 heterocycles. The largest absolute Gasteiger partial charge is 0.496 e. The number of nitrogens with one attached hydrogen (secondary N) is 1. The third kappa shape index (κ3) is 3.99. The summed E-state index contributed by atoms with van der Waals surface area (Å²) >= 11 is 0. The molecule has 0 radical (unpaired) electrons. The Morgan fingerprint density at radius 2 is 1.84 bits per heavy atom. The van der Waals surface area contributed by atoms with Gasteiger partial charge in [-0.3, -0.25) is 4.79 Å². The van der Waals surface area contributed by atoms with E-state index in [9.17, 15) is 4.79 Å². The van der Waals surface area contributed by atoms with Crippen molar-refractivity contribution in [1.82, 2.24) is 5.32 Å². The molecule has 0 aliphatic carbocycles. The van der Waals surface area contributed by atoms with Crippen molar-refractivity contribution in [2.75, 3.05) is 20.3 Å². The van der Waals surface area contributed by atoms with Gasteiger partial charge in [-0.05, 0) is 58.1 Å². The quantitative estimate of drug-likeness (QED) is 0.600. The molecule has 1 fully saturated rings. The third-order valence-corrected chi connectivity index (χ3v) is 4.89. The highest BCUT2D eigenvalue weighted by atomic mass is 16.7. The van der Waals surface area contributed by atoms with E-state index in [4.69, 9.17) is 19.2 Å². The molecule has 1 aromatic rings. The molecule has 138 valence electrons. The van der Waals surface area contributed by atoms with Gasteiger partial charge in [0.2, 0.25) is 0 Å². The summed E-state index contributed by atoms with van der Waals surface area (Å²) in [4.78, 5) is 12.5. The van der Waals surface area contributed by atoms with Crippen molar-refractivity contribution in [1.29, 1.82) is 0 Å². The summed E-state index contributed by atoms with van der Waals surface area (Å²) in [6.07, 6.45) is 0.504. The molecular formula is C18H28BNO5. The summed E-state index contributed by atoms with van der Waals surface area (Å²) in [6.45, 7) is 10.3. The average Bonchev–Trinajstić information content (AvgIpc) is 2.74. The number of aliphatic hydroxyl groups excluding tert-OH is 1. The van der Waals surface area contributed by atoms with E-state index in [2.05, 4.69) is 5.32 Å². The Morgan fingerprint density at radius 3 is 2.36 bits per heavy atom. The predicted octanol–water partition coefficient (Wildman–Crippen LogP) is 1.42. The number of hydrogen-bond donors (Lipinski definition) is 2. The van der Waals surface area contributed by atoms with Gasteiger partial charge in [0.05, 0.1) is 23.9 Å². The highest BCUT2D eigenvalue weighted by Gasteiger charge is 2.51. The van der Waals surface area contributed by atoms with E-state index < -0.39 is 18.3 Å². The second-order valence-corrected chi connectivity index (χ2v) is 7.34. The van der Waals surface area contributed by atoms with Crippen LogP contribution in [0.15, 0.2) is 12.1 Å². The van der Waals surface area contributed by atoms with E-state index in [0.29, 0.717) is 24.3 Å². The summed E-state index contributed by atoms with van der Waals surface area (Å²) in [7, 11) is 1.000. The van der Waals surface area contributed by atoms with Crippen LogP contribution in [0.4, 0.5) is 0 Å². The molecule has 2 rings (SSSR count). The molecule has 0 aromatic heterocycles. The summed E-state index contributed by atoms with van der Waals surface area (Å²) in [5.41, 5.74) is 1.15. The molecule has 1 saturated heterocycles. The van der Waals surface area contributed by atoms with Crippen LogP contribution in [0.1, 0.15) is 50.0 Å². The Morgan fingerprint density at radius 1 is 1.24 bits per heavy atom. The van der Waals surface area contributed by atoms with Crippen molar-refractivity contribution in [3.63, 3.8) is 0 Å². The van der Waals surface area contributed by atoms with Gasteiger partial charge in [-0.1, -0.05) is 6.07 Å². The minimum Gasteiger partial charge on any atom is -0.496 e. The second kappa shape index (κ2) is 7.36. The summed E-state index contributed by atoms with van der Waals surface area (Å²) in [6, 6.07) is 3.67. The number of aryl methyl sites for hydroxylation is 1. The zero-order valence-electron chi connectivity index (χ0n) is 15.9. The number of hydrogen-bond acceptors (Lipinski definition) is 5. The highest BCUT2D eigenvalue weighted by Crippen LogP contribution is 2.37. The molecule has 0 saturated carbocycles. The Labute approximate surface area is 150 Å². The maximum atomic E-state index is 12.5. The smallest absolute Gasteiger partial charge is 0.494 e. The minimum absolute atomic E-state index is 0.0321. The standard InChI is InChI=1S/C18H28BNO5/c1-12-10-13(19-24-17(2,3)18(4,5)25-19)11-14(15(12)23-6)16(22)20-8-7-9-21/h10-11,21H,7-9H2,1-6H3,(H,20,22). The van der Waals surface area contributed by atoms with Crippen molar-refractivity contribution >= 4 is 18.5 Å². The Bertz CT molecular complexity index is 629. The van der Waals surface area contributed by atoms with Crippen molar-refractivity contribution in [3.05, 3.63) is 23.3 Å². The number of carbonyl (C=O) groups excluding carboxylic acids is 1. The predicted molar refractivity (Wildman–Crippen MR) is 97.5 cm³/mol. The number of benzene rings is 1. The molecular weight excluding hydrogens is 321 g/mol. The van der Waals surface area contributed by atoms with Gasteiger partial charge in [0.25, 0.3) is 5.91 Å². The van der Waals surface area contributed by atoms with Crippen molar-refractivity contribution in [2.45, 2.75) is 52.2 Å². The van der Waals surface area contributed by atoms with Crippen LogP contribution in [0, 0.1) is 6.92 Å². The summed E-state index contributed by atoms with van der Waals surface area (Å²) in [5, 5.41) is 11.7. The van der Waals surface area contributed by atoms with E-state index >= 15 is 0 Å². The van der Waals surface area contributed by atoms with Crippen LogP contribution in [0.5, 0.6) is 5.75 Å². The molecule has 1 aliphatic heterocycles. The molecule has 0 bridgehead atoms. The van der Waals surface area contributed by atoms with Gasteiger partial charge in [-0.15, -0.1) is 0 Å². The molecule has 25 heavy (non-hydrogen) atoms. The van der Waals surface area contributed by atoms with Crippen LogP contribution in [0.25, 0.3) is 0 Å². The molecule has 0 atom stereocenters. The lowest BCUT2D eigenvalue weighted by molar-refractivity contribution is 0.00578. The summed E-state index contributed by atoms with van der Waals surface area (Å²) < 4.78 is 17.6. The van der Waals surface area contributed by atoms with Crippen molar-refractivity contribution in [3.8, 4) is 5.75 Å². The van der Waals surface area contributed by atoms with Crippen LogP contribution in [0.3, 0.4) is 0 Å². The maximum absolute atomic E-state index is 12.5. The van der Waals surface area contributed by atoms with Gasteiger partial charge in [-0.2, -0.15) is 0 Å². The van der Waals surface area contributed by atoms with Gasteiger partial charge >= 0.3 is 7.12 Å². The molecule has 0 spiro atoms. The van der Waals surface area contributed by atoms with Gasteiger partial charge in [-0.25, -0.2) is 0 Å². The number of aliphatic hydroxyl groups is 1. The van der Waals surface area contributed by atoms with Crippen LogP contribution >= 0.6 is 0 Å². The van der Waals surface area contributed by atoms with Crippen molar-refractivity contribution < 1.29 is 23.9 Å². The van der Waals surface area contributed by atoms with Gasteiger partial charge in [0.15, 0.2) is 0 Å². The highest BCUT2D eigenvalue weighted by molar-refractivity contribution is 6.62. The molecule has 1 amide bonds. The average molecular weight is 349 g/mol. The van der Waals surface area contributed by atoms with Crippen LogP contribution in [-0.2, 0) is 9.31 Å². The lowest BCUT2D eigenvalue weighted by Gasteiger charge is -2.32. The number of methoxy groups -OCH3 is 1. The fraction of sp³-hybridized carbons (Fsp3) is 0.611. The number of rotatable bonds is 6. The number of ether oxygens (including phenoxy) is 1. The molecule has 1 aromatic carbocycles. The van der Waals surface area contributed by atoms with Gasteiger partial charge in [0.1, 0.15) is 5.75 Å². The van der Waals surface area contributed by atoms with E-state index in [-0.39, 0.29) is 12.5 Å². The normalized spacial score (nSPS) is 18.3. The van der Waals surface area contributed by atoms with Gasteiger partial charge < -0.3 is 24.5 Å². The number of carbonyl (C=O) groups is 1. The first-order chi connectivity index (χ1) is 11.6. The first kappa shape index (κ1) is 19.8. The fourth-order valence-corrected chi connectivity index (χ4v) is 2.73. The van der Waals surface area contributed by atoms with Crippen molar-refractivity contribution in [2.24, 2.45) is 0 Å². The SMILES string of the molecule is COc1c(C)cc(B2OC(C)(C)C(C)(C)O2)cc1C(=O)NCCCO. The third-order valence-electron chi connectivity index (χ3n) is 4.89. The number of amides is 1. The lowest BCUT2D eigenvalue weighted by atomic mass is 9.77. The molecule has 7 heteroatoms. The van der Waals surface area contributed by atoms with E-state index in [1.165, 1.54) is 0 Å². The molecule has 0 unspecified atom stereocenters. The fourth-order valence-electron chi connectivity index (χ4n) is 2.73. The summed E-state index contributed by atoms with van der Waals surface area (Å²) in [5.74, 6) is 0.286. The van der Waals surface area contributed by atoms with Crippen LogP contribution in [-0.4, -0.2) is 49.6 Å². The maximum Gasteiger partial charge on any atom is 0.494 e. The topological polar surface area (TPSA) is 77.0 Å². The van der Waals surface area contributed by atoms with E-state index in [1.54, 1.807) is 13.2 Å². The zero-order valence-corrected chi connectivity index (χ0v) is 15.9. The molecule has 2 N–H and O–H groups in total. The first-order valence-corrected chi connectivity index (χ1v) is 8.56. The lowest BCUT2D eigenvalue weighted by Crippen LogP contribution is -2.41. The Kier molecular flexibility index (Phi) is 5.81. The molecule has 6 nitrogen and oxygen atoms in total. The zero-order chi connectivity index (χ0) is 18.8. The Balaban J connectivity index is 2.34. The van der Waals surface area contributed by atoms with Crippen LogP contribution < -0.4 is 15.5 Å². The minimum atomic E-state index is -0.543. The Hall–Kier alpha value is -1.57. The first-order valence-electron chi connectivity index (χ1n) is 8.56. The van der Waals surface area contributed by atoms with E-state index in [0.717, 1.165) is 11.0 Å².